The van der Waals surface area contributed by atoms with Crippen LogP contribution in [0.3, 0.4) is 0 Å². The first-order valence-electron chi connectivity index (χ1n) is 9.16. The van der Waals surface area contributed by atoms with Crippen molar-refractivity contribution in [3.05, 3.63) is 64.2 Å². The van der Waals surface area contributed by atoms with E-state index in [2.05, 4.69) is 44.1 Å². The molecule has 3 rings (SSSR count). The van der Waals surface area contributed by atoms with E-state index >= 15 is 0 Å². The SMILES string of the molecule is C[C@@H]1Cc2ccc(C(C)(C)C)cc2C=NN1C(=O)N(C)c1ccc(Cl)cc1. The van der Waals surface area contributed by atoms with Crippen LogP contribution in [0.15, 0.2) is 47.6 Å². The highest BCUT2D eigenvalue weighted by Crippen LogP contribution is 2.27. The molecule has 142 valence electrons. The van der Waals surface area contributed by atoms with Crippen molar-refractivity contribution in [3.8, 4) is 0 Å². The molecule has 0 saturated heterocycles. The molecular weight excluding hydrogens is 358 g/mol. The van der Waals surface area contributed by atoms with Gasteiger partial charge in [0.05, 0.1) is 12.3 Å². The number of hydrazone groups is 1. The molecule has 0 N–H and O–H groups in total. The van der Waals surface area contributed by atoms with Crippen LogP contribution < -0.4 is 4.90 Å². The lowest BCUT2D eigenvalue weighted by atomic mass is 9.85. The third-order valence-electron chi connectivity index (χ3n) is 4.96. The van der Waals surface area contributed by atoms with Gasteiger partial charge >= 0.3 is 6.03 Å². The summed E-state index contributed by atoms with van der Waals surface area (Å²) in [6, 6.07) is 13.5. The number of rotatable bonds is 1. The maximum atomic E-state index is 13.0. The molecule has 0 fully saturated rings. The van der Waals surface area contributed by atoms with Crippen LogP contribution in [-0.4, -0.2) is 30.3 Å². The number of fused-ring (bicyclic) bond motifs is 1. The van der Waals surface area contributed by atoms with Crippen molar-refractivity contribution in [2.24, 2.45) is 5.10 Å². The second kappa shape index (κ2) is 7.35. The molecule has 2 aromatic carbocycles. The van der Waals surface area contributed by atoms with Crippen LogP contribution in [0.4, 0.5) is 10.5 Å². The van der Waals surface area contributed by atoms with Crippen molar-refractivity contribution in [2.75, 3.05) is 11.9 Å². The number of hydrogen-bond donors (Lipinski definition) is 0. The Bertz CT molecular complexity index is 868. The first kappa shape index (κ1) is 19.4. The summed E-state index contributed by atoms with van der Waals surface area (Å²) >= 11 is 5.95. The van der Waals surface area contributed by atoms with Gasteiger partial charge in [0, 0.05) is 17.8 Å². The second-order valence-corrected chi connectivity index (χ2v) is 8.56. The van der Waals surface area contributed by atoms with Crippen molar-refractivity contribution in [1.82, 2.24) is 5.01 Å². The first-order chi connectivity index (χ1) is 12.7. The molecule has 2 amide bonds. The van der Waals surface area contributed by atoms with E-state index in [4.69, 9.17) is 11.6 Å². The lowest BCUT2D eigenvalue weighted by molar-refractivity contribution is 0.190. The molecule has 0 saturated carbocycles. The predicted molar refractivity (Wildman–Crippen MR) is 113 cm³/mol. The Balaban J connectivity index is 1.87. The van der Waals surface area contributed by atoms with Crippen LogP contribution in [0.25, 0.3) is 0 Å². The van der Waals surface area contributed by atoms with Crippen molar-refractivity contribution in [2.45, 2.75) is 45.6 Å². The smallest absolute Gasteiger partial charge is 0.296 e. The van der Waals surface area contributed by atoms with Crippen molar-refractivity contribution in [1.29, 1.82) is 0 Å². The fourth-order valence-corrected chi connectivity index (χ4v) is 3.30. The van der Waals surface area contributed by atoms with E-state index < -0.39 is 0 Å². The number of urea groups is 1. The van der Waals surface area contributed by atoms with Gasteiger partial charge in [0.25, 0.3) is 0 Å². The minimum atomic E-state index is -0.162. The second-order valence-electron chi connectivity index (χ2n) is 8.12. The number of hydrogen-bond acceptors (Lipinski definition) is 2. The standard InChI is InChI=1S/C22H26ClN3O/c1-15-12-16-6-7-18(22(2,3)4)13-17(16)14-24-26(15)21(27)25(5)20-10-8-19(23)9-11-20/h6-11,13-15H,12H2,1-5H3/t15-/m1/s1. The fraction of sp³-hybridized carbons (Fsp3) is 0.364. The summed E-state index contributed by atoms with van der Waals surface area (Å²) in [7, 11) is 1.75. The Hall–Kier alpha value is -2.33. The molecule has 1 aliphatic rings. The van der Waals surface area contributed by atoms with E-state index in [0.29, 0.717) is 5.02 Å². The minimum absolute atomic E-state index is 0.0368. The monoisotopic (exact) mass is 383 g/mol. The number of anilines is 1. The zero-order valence-corrected chi connectivity index (χ0v) is 17.3. The Morgan fingerprint density at radius 2 is 1.85 bits per heavy atom. The summed E-state index contributed by atoms with van der Waals surface area (Å²) in [5, 5.41) is 6.73. The van der Waals surface area contributed by atoms with Crippen molar-refractivity contribution in [3.63, 3.8) is 0 Å². The largest absolute Gasteiger partial charge is 0.344 e. The molecule has 0 unspecified atom stereocenters. The molecule has 4 nitrogen and oxygen atoms in total. The summed E-state index contributed by atoms with van der Waals surface area (Å²) in [6.07, 6.45) is 2.57. The van der Waals surface area contributed by atoms with Crippen molar-refractivity contribution < 1.29 is 4.79 Å². The summed E-state index contributed by atoms with van der Waals surface area (Å²) in [5.74, 6) is 0. The van der Waals surface area contributed by atoms with Gasteiger partial charge in [-0.25, -0.2) is 9.80 Å². The fourth-order valence-electron chi connectivity index (χ4n) is 3.18. The quantitative estimate of drug-likeness (QED) is 0.642. The molecule has 0 radical (unpaired) electrons. The highest BCUT2D eigenvalue weighted by Gasteiger charge is 2.27. The molecule has 1 aliphatic heterocycles. The van der Waals surface area contributed by atoms with Gasteiger partial charge in [-0.05, 0) is 65.8 Å². The van der Waals surface area contributed by atoms with Gasteiger partial charge in [-0.2, -0.15) is 5.10 Å². The molecular formula is C22H26ClN3O. The van der Waals surface area contributed by atoms with Crippen LogP contribution in [0.2, 0.25) is 5.02 Å². The van der Waals surface area contributed by atoms with Gasteiger partial charge in [-0.1, -0.05) is 44.5 Å². The maximum Gasteiger partial charge on any atom is 0.344 e. The van der Waals surface area contributed by atoms with E-state index in [-0.39, 0.29) is 17.5 Å². The highest BCUT2D eigenvalue weighted by molar-refractivity contribution is 6.30. The van der Waals surface area contributed by atoms with Crippen LogP contribution in [0.5, 0.6) is 0 Å². The number of benzene rings is 2. The highest BCUT2D eigenvalue weighted by atomic mass is 35.5. The lowest BCUT2D eigenvalue weighted by Crippen LogP contribution is -2.43. The first-order valence-corrected chi connectivity index (χ1v) is 9.54. The number of amides is 2. The van der Waals surface area contributed by atoms with E-state index in [1.807, 2.05) is 25.3 Å². The topological polar surface area (TPSA) is 35.9 Å². The Morgan fingerprint density at radius 1 is 1.19 bits per heavy atom. The maximum absolute atomic E-state index is 13.0. The molecule has 2 aromatic rings. The molecule has 1 heterocycles. The Kier molecular flexibility index (Phi) is 5.29. The van der Waals surface area contributed by atoms with E-state index in [0.717, 1.165) is 17.7 Å². The molecule has 0 spiro atoms. The number of halogens is 1. The van der Waals surface area contributed by atoms with Gasteiger partial charge in [-0.15, -0.1) is 0 Å². The van der Waals surface area contributed by atoms with E-state index in [9.17, 15) is 4.79 Å². The van der Waals surface area contributed by atoms with Crippen molar-refractivity contribution >= 4 is 29.5 Å². The zero-order valence-electron chi connectivity index (χ0n) is 16.5. The van der Waals surface area contributed by atoms with Gasteiger partial charge in [-0.3, -0.25) is 4.90 Å². The zero-order chi connectivity index (χ0) is 19.8. The third kappa shape index (κ3) is 4.16. The Labute approximate surface area is 166 Å². The average Bonchev–Trinajstić information content (AvgIpc) is 2.78. The summed E-state index contributed by atoms with van der Waals surface area (Å²) in [5.41, 5.74) is 4.41. The molecule has 0 aromatic heterocycles. The normalized spacial score (nSPS) is 16.7. The average molecular weight is 384 g/mol. The van der Waals surface area contributed by atoms with Crippen LogP contribution >= 0.6 is 11.6 Å². The summed E-state index contributed by atoms with van der Waals surface area (Å²) in [4.78, 5) is 14.6. The van der Waals surface area contributed by atoms with Crippen LogP contribution in [0.1, 0.15) is 44.4 Å². The summed E-state index contributed by atoms with van der Waals surface area (Å²) < 4.78 is 0. The van der Waals surface area contributed by atoms with Gasteiger partial charge in [0.15, 0.2) is 0 Å². The summed E-state index contributed by atoms with van der Waals surface area (Å²) in [6.45, 7) is 8.62. The van der Waals surface area contributed by atoms with Gasteiger partial charge in [0.2, 0.25) is 0 Å². The molecule has 1 atom stereocenters. The predicted octanol–water partition coefficient (Wildman–Crippen LogP) is 5.47. The van der Waals surface area contributed by atoms with E-state index in [1.165, 1.54) is 11.1 Å². The number of nitrogens with zero attached hydrogens (tertiary/aromatic N) is 3. The third-order valence-corrected chi connectivity index (χ3v) is 5.21. The number of carbonyl (C=O) groups excluding carboxylic acids is 1. The van der Waals surface area contributed by atoms with Gasteiger partial charge in [0.1, 0.15) is 0 Å². The molecule has 5 heteroatoms. The van der Waals surface area contributed by atoms with Gasteiger partial charge < -0.3 is 0 Å². The molecule has 0 bridgehead atoms. The lowest BCUT2D eigenvalue weighted by Gasteiger charge is -2.28. The molecule has 0 aliphatic carbocycles. The minimum Gasteiger partial charge on any atom is -0.296 e. The van der Waals surface area contributed by atoms with Crippen LogP contribution in [0, 0.1) is 0 Å². The Morgan fingerprint density at radius 3 is 2.48 bits per heavy atom. The number of carbonyl (C=O) groups is 1. The van der Waals surface area contributed by atoms with E-state index in [1.54, 1.807) is 29.1 Å². The molecule has 27 heavy (non-hydrogen) atoms. The van der Waals surface area contributed by atoms with Crippen LogP contribution in [-0.2, 0) is 11.8 Å².